The van der Waals surface area contributed by atoms with Gasteiger partial charge < -0.3 is 9.64 Å². The van der Waals surface area contributed by atoms with Crippen LogP contribution in [0.1, 0.15) is 21.7 Å². The SMILES string of the molecule is O=C1c2cc(COc3ccccc3)nn2CCN1Cc1cccc(F)c1. The fourth-order valence-electron chi connectivity index (χ4n) is 3.04. The monoisotopic (exact) mass is 351 g/mol. The molecule has 5 nitrogen and oxygen atoms in total. The van der Waals surface area contributed by atoms with Gasteiger partial charge in [0.1, 0.15) is 29.6 Å². The number of fused-ring (bicyclic) bond motifs is 1. The van der Waals surface area contributed by atoms with Crippen molar-refractivity contribution in [3.8, 4) is 5.75 Å². The largest absolute Gasteiger partial charge is 0.487 e. The van der Waals surface area contributed by atoms with E-state index >= 15 is 0 Å². The maximum absolute atomic E-state index is 13.4. The summed E-state index contributed by atoms with van der Waals surface area (Å²) in [6, 6.07) is 17.6. The zero-order valence-corrected chi connectivity index (χ0v) is 14.1. The Kier molecular flexibility index (Phi) is 4.39. The van der Waals surface area contributed by atoms with Crippen LogP contribution in [0.2, 0.25) is 0 Å². The number of hydrogen-bond donors (Lipinski definition) is 0. The van der Waals surface area contributed by atoms with E-state index in [9.17, 15) is 9.18 Å². The van der Waals surface area contributed by atoms with Crippen LogP contribution in [0.5, 0.6) is 5.75 Å². The van der Waals surface area contributed by atoms with Gasteiger partial charge >= 0.3 is 0 Å². The van der Waals surface area contributed by atoms with E-state index in [4.69, 9.17) is 4.74 Å². The molecule has 0 atom stereocenters. The van der Waals surface area contributed by atoms with Gasteiger partial charge in [0.2, 0.25) is 0 Å². The first-order valence-corrected chi connectivity index (χ1v) is 8.47. The number of halogens is 1. The third kappa shape index (κ3) is 3.44. The highest BCUT2D eigenvalue weighted by Gasteiger charge is 2.26. The summed E-state index contributed by atoms with van der Waals surface area (Å²) in [6.07, 6.45) is 0. The molecule has 2 heterocycles. The summed E-state index contributed by atoms with van der Waals surface area (Å²) in [7, 11) is 0. The van der Waals surface area contributed by atoms with Gasteiger partial charge in [0.15, 0.2) is 0 Å². The molecule has 1 aliphatic rings. The van der Waals surface area contributed by atoms with Crippen LogP contribution in [0.3, 0.4) is 0 Å². The Bertz CT molecular complexity index is 924. The van der Waals surface area contributed by atoms with Crippen molar-refractivity contribution in [1.29, 1.82) is 0 Å². The first-order chi connectivity index (χ1) is 12.7. The Labute approximate surface area is 150 Å². The molecule has 2 aromatic carbocycles. The van der Waals surface area contributed by atoms with Gasteiger partial charge in [0.25, 0.3) is 5.91 Å². The molecule has 3 aromatic rings. The summed E-state index contributed by atoms with van der Waals surface area (Å²) in [4.78, 5) is 14.4. The van der Waals surface area contributed by atoms with E-state index < -0.39 is 0 Å². The Hall–Kier alpha value is -3.15. The summed E-state index contributed by atoms with van der Waals surface area (Å²) in [5.41, 5.74) is 2.03. The van der Waals surface area contributed by atoms with Gasteiger partial charge in [0, 0.05) is 13.1 Å². The molecule has 0 saturated heterocycles. The topological polar surface area (TPSA) is 47.4 Å². The van der Waals surface area contributed by atoms with E-state index in [0.717, 1.165) is 11.3 Å². The Morgan fingerprint density at radius 1 is 1.04 bits per heavy atom. The van der Waals surface area contributed by atoms with Crippen LogP contribution < -0.4 is 4.74 Å². The minimum atomic E-state index is -0.294. The number of ether oxygens (including phenoxy) is 1. The van der Waals surface area contributed by atoms with Gasteiger partial charge in [-0.15, -0.1) is 0 Å². The van der Waals surface area contributed by atoms with Gasteiger partial charge in [-0.05, 0) is 35.9 Å². The molecule has 0 aliphatic carbocycles. The molecule has 132 valence electrons. The van der Waals surface area contributed by atoms with E-state index in [-0.39, 0.29) is 11.7 Å². The molecule has 0 bridgehead atoms. The summed E-state index contributed by atoms with van der Waals surface area (Å²) < 4.78 is 20.8. The van der Waals surface area contributed by atoms with Crippen LogP contribution in [0.4, 0.5) is 4.39 Å². The second kappa shape index (κ2) is 7.00. The molecule has 0 unspecified atom stereocenters. The van der Waals surface area contributed by atoms with Gasteiger partial charge in [-0.1, -0.05) is 30.3 Å². The van der Waals surface area contributed by atoms with Crippen molar-refractivity contribution in [2.45, 2.75) is 19.7 Å². The lowest BCUT2D eigenvalue weighted by Gasteiger charge is -2.27. The number of rotatable bonds is 5. The van der Waals surface area contributed by atoms with Crippen LogP contribution >= 0.6 is 0 Å². The maximum Gasteiger partial charge on any atom is 0.272 e. The standard InChI is InChI=1S/C20H18FN3O2/c21-16-6-4-5-15(11-16)13-23-9-10-24-19(20(23)25)12-17(22-24)14-26-18-7-2-1-3-8-18/h1-8,11-12H,9-10,13-14H2. The average molecular weight is 351 g/mol. The molecular formula is C20H18FN3O2. The molecule has 6 heteroatoms. The number of carbonyl (C=O) groups is 1. The Morgan fingerprint density at radius 2 is 1.88 bits per heavy atom. The fraction of sp³-hybridized carbons (Fsp3) is 0.200. The minimum Gasteiger partial charge on any atom is -0.487 e. The van der Waals surface area contributed by atoms with Crippen LogP contribution in [-0.2, 0) is 19.7 Å². The molecule has 26 heavy (non-hydrogen) atoms. The smallest absolute Gasteiger partial charge is 0.272 e. The summed E-state index contributed by atoms with van der Waals surface area (Å²) in [5, 5.41) is 4.46. The second-order valence-electron chi connectivity index (χ2n) is 6.20. The number of benzene rings is 2. The predicted octanol–water partition coefficient (Wildman–Crippen LogP) is 3.26. The average Bonchev–Trinajstić information content (AvgIpc) is 3.07. The summed E-state index contributed by atoms with van der Waals surface area (Å²) in [5.74, 6) is 0.369. The maximum atomic E-state index is 13.4. The normalized spacial score (nSPS) is 13.6. The highest BCUT2D eigenvalue weighted by Crippen LogP contribution is 2.18. The molecule has 4 rings (SSSR count). The number of amides is 1. The van der Waals surface area contributed by atoms with Crippen molar-refractivity contribution >= 4 is 5.91 Å². The molecule has 0 saturated carbocycles. The molecule has 0 N–H and O–H groups in total. The van der Waals surface area contributed by atoms with E-state index in [1.807, 2.05) is 36.4 Å². The third-order valence-electron chi connectivity index (χ3n) is 4.31. The van der Waals surface area contributed by atoms with E-state index in [0.29, 0.717) is 37.6 Å². The van der Waals surface area contributed by atoms with Gasteiger partial charge in [-0.3, -0.25) is 9.48 Å². The van der Waals surface area contributed by atoms with Gasteiger partial charge in [-0.25, -0.2) is 4.39 Å². The summed E-state index contributed by atoms with van der Waals surface area (Å²) >= 11 is 0. The molecule has 0 spiro atoms. The van der Waals surface area contributed by atoms with Crippen molar-refractivity contribution in [2.24, 2.45) is 0 Å². The lowest BCUT2D eigenvalue weighted by atomic mass is 10.2. The Balaban J connectivity index is 1.45. The number of para-hydroxylation sites is 1. The quantitative estimate of drug-likeness (QED) is 0.709. The zero-order valence-electron chi connectivity index (χ0n) is 14.1. The van der Waals surface area contributed by atoms with Crippen LogP contribution in [0, 0.1) is 5.82 Å². The number of aromatic nitrogens is 2. The Morgan fingerprint density at radius 3 is 2.69 bits per heavy atom. The number of nitrogens with zero attached hydrogens (tertiary/aromatic N) is 3. The molecule has 0 fully saturated rings. The van der Waals surface area contributed by atoms with Crippen molar-refractivity contribution < 1.29 is 13.9 Å². The summed E-state index contributed by atoms with van der Waals surface area (Å²) in [6.45, 7) is 1.85. The molecule has 0 radical (unpaired) electrons. The van der Waals surface area contributed by atoms with Crippen molar-refractivity contribution in [2.75, 3.05) is 6.54 Å². The van der Waals surface area contributed by atoms with E-state index in [2.05, 4.69) is 5.10 Å². The minimum absolute atomic E-state index is 0.0982. The van der Waals surface area contributed by atoms with E-state index in [1.165, 1.54) is 12.1 Å². The van der Waals surface area contributed by atoms with Crippen LogP contribution in [0.25, 0.3) is 0 Å². The first-order valence-electron chi connectivity index (χ1n) is 8.47. The van der Waals surface area contributed by atoms with Gasteiger partial charge in [0.05, 0.1) is 6.54 Å². The van der Waals surface area contributed by atoms with E-state index in [1.54, 1.807) is 21.7 Å². The number of carbonyl (C=O) groups excluding carboxylic acids is 1. The lowest BCUT2D eigenvalue weighted by Crippen LogP contribution is -2.39. The zero-order chi connectivity index (χ0) is 17.9. The van der Waals surface area contributed by atoms with Crippen molar-refractivity contribution in [3.05, 3.63) is 83.4 Å². The highest BCUT2D eigenvalue weighted by molar-refractivity contribution is 5.93. The first kappa shape index (κ1) is 16.3. The van der Waals surface area contributed by atoms with Crippen LogP contribution in [-0.4, -0.2) is 27.1 Å². The molecule has 1 aromatic heterocycles. The lowest BCUT2D eigenvalue weighted by molar-refractivity contribution is 0.0683. The molecule has 1 amide bonds. The van der Waals surface area contributed by atoms with Crippen LogP contribution in [0.15, 0.2) is 60.7 Å². The highest BCUT2D eigenvalue weighted by atomic mass is 19.1. The second-order valence-corrected chi connectivity index (χ2v) is 6.20. The van der Waals surface area contributed by atoms with Gasteiger partial charge in [-0.2, -0.15) is 5.10 Å². The van der Waals surface area contributed by atoms with Crippen molar-refractivity contribution in [3.63, 3.8) is 0 Å². The predicted molar refractivity (Wildman–Crippen MR) is 94.1 cm³/mol. The third-order valence-corrected chi connectivity index (χ3v) is 4.31. The number of hydrogen-bond acceptors (Lipinski definition) is 3. The molecular weight excluding hydrogens is 333 g/mol. The molecule has 1 aliphatic heterocycles. The van der Waals surface area contributed by atoms with Crippen molar-refractivity contribution in [1.82, 2.24) is 14.7 Å². The fourth-order valence-corrected chi connectivity index (χ4v) is 3.04.